The van der Waals surface area contributed by atoms with Gasteiger partial charge in [0, 0.05) is 23.7 Å². The van der Waals surface area contributed by atoms with Crippen LogP contribution in [-0.2, 0) is 16.8 Å². The molecule has 0 unspecified atom stereocenters. The van der Waals surface area contributed by atoms with Crippen molar-refractivity contribution < 1.29 is 14.3 Å². The smallest absolute Gasteiger partial charge is 0.322 e. The molecule has 1 aromatic heterocycles. The molecule has 0 fully saturated rings. The van der Waals surface area contributed by atoms with Gasteiger partial charge in [-0.2, -0.15) is 5.10 Å². The van der Waals surface area contributed by atoms with Gasteiger partial charge in [-0.15, -0.1) is 0 Å². The van der Waals surface area contributed by atoms with Crippen LogP contribution in [0.1, 0.15) is 44.5 Å². The van der Waals surface area contributed by atoms with E-state index in [1.165, 1.54) is 4.90 Å². The van der Waals surface area contributed by atoms with E-state index >= 15 is 0 Å². The second-order valence-corrected chi connectivity index (χ2v) is 10.7. The van der Waals surface area contributed by atoms with E-state index in [-0.39, 0.29) is 30.4 Å². The molecule has 4 aromatic rings. The number of carbonyl (C=O) groups excluding carboxylic acids is 2. The van der Waals surface area contributed by atoms with E-state index in [0.29, 0.717) is 18.1 Å². The van der Waals surface area contributed by atoms with Gasteiger partial charge in [0.05, 0.1) is 18.0 Å². The number of nitrogens with zero attached hydrogens (tertiary/aromatic N) is 3. The van der Waals surface area contributed by atoms with Gasteiger partial charge >= 0.3 is 6.03 Å². The summed E-state index contributed by atoms with van der Waals surface area (Å²) >= 11 is 0. The van der Waals surface area contributed by atoms with E-state index in [0.717, 1.165) is 28.3 Å². The van der Waals surface area contributed by atoms with Crippen molar-refractivity contribution >= 4 is 23.4 Å². The molecule has 8 heteroatoms. The Hall–Kier alpha value is -4.59. The van der Waals surface area contributed by atoms with E-state index < -0.39 is 0 Å². The normalized spacial score (nSPS) is 11.1. The number of rotatable bonds is 9. The van der Waals surface area contributed by atoms with Crippen molar-refractivity contribution in [1.82, 2.24) is 14.7 Å². The van der Waals surface area contributed by atoms with Gasteiger partial charge in [-0.25, -0.2) is 9.48 Å². The number of hydrogen-bond acceptors (Lipinski definition) is 4. The molecule has 2 N–H and O–H groups in total. The Kier molecular flexibility index (Phi) is 8.89. The molecule has 1 heterocycles. The Morgan fingerprint density at radius 3 is 2.30 bits per heavy atom. The van der Waals surface area contributed by atoms with Crippen molar-refractivity contribution in [1.29, 1.82) is 0 Å². The predicted molar refractivity (Wildman–Crippen MR) is 159 cm³/mol. The minimum atomic E-state index is -0.384. The number of carbonyl (C=O) groups is 2. The van der Waals surface area contributed by atoms with E-state index in [2.05, 4.69) is 31.4 Å². The van der Waals surface area contributed by atoms with Crippen LogP contribution in [0.2, 0.25) is 0 Å². The fourth-order valence-electron chi connectivity index (χ4n) is 4.16. The van der Waals surface area contributed by atoms with Crippen LogP contribution in [0.4, 0.5) is 16.3 Å². The highest BCUT2D eigenvalue weighted by Gasteiger charge is 2.23. The molecule has 3 aromatic carbocycles. The van der Waals surface area contributed by atoms with Crippen LogP contribution in [0.15, 0.2) is 84.9 Å². The first-order valence-electron chi connectivity index (χ1n) is 13.4. The Bertz CT molecular complexity index is 1440. The third-order valence-electron chi connectivity index (χ3n) is 6.25. The fourth-order valence-corrected chi connectivity index (χ4v) is 4.16. The molecule has 0 bridgehead atoms. The highest BCUT2D eigenvalue weighted by atomic mass is 16.5. The largest absolute Gasteiger partial charge is 0.494 e. The molecule has 0 spiro atoms. The molecule has 40 heavy (non-hydrogen) atoms. The van der Waals surface area contributed by atoms with Gasteiger partial charge < -0.3 is 20.3 Å². The van der Waals surface area contributed by atoms with Crippen molar-refractivity contribution in [3.05, 3.63) is 102 Å². The zero-order chi connectivity index (χ0) is 28.7. The third-order valence-corrected chi connectivity index (χ3v) is 6.25. The summed E-state index contributed by atoms with van der Waals surface area (Å²) in [5.41, 5.74) is 4.09. The maximum Gasteiger partial charge on any atom is 0.322 e. The molecule has 208 valence electrons. The van der Waals surface area contributed by atoms with Crippen LogP contribution < -0.4 is 15.4 Å². The van der Waals surface area contributed by atoms with Crippen LogP contribution in [-0.4, -0.2) is 39.8 Å². The maximum atomic E-state index is 13.4. The second kappa shape index (κ2) is 12.5. The number of hydrogen-bond donors (Lipinski definition) is 2. The number of nitrogens with one attached hydrogen (secondary N) is 2. The molecule has 0 aliphatic carbocycles. The number of urea groups is 1. The van der Waals surface area contributed by atoms with E-state index in [1.54, 1.807) is 28.9 Å². The minimum Gasteiger partial charge on any atom is -0.494 e. The molecule has 0 aliphatic heterocycles. The number of amides is 3. The van der Waals surface area contributed by atoms with Crippen LogP contribution in [0.5, 0.6) is 5.75 Å². The number of benzene rings is 3. The molecule has 0 aliphatic rings. The van der Waals surface area contributed by atoms with Gasteiger partial charge in [0.1, 0.15) is 18.1 Å². The molecular weight excluding hydrogens is 502 g/mol. The lowest BCUT2D eigenvalue weighted by atomic mass is 9.92. The standard InChI is InChI=1S/C32H37N5O3/c1-6-40-27-17-15-25(16-18-27)33-31(39)36(21-24-12-8-7-9-13-24)22-30(38)34-29-20-28(32(3,4)5)35-37(29)26-14-10-11-23(2)19-26/h7-20H,6,21-22H2,1-5H3,(H,33,39)(H,34,38). The summed E-state index contributed by atoms with van der Waals surface area (Å²) in [5, 5.41) is 10.7. The molecule has 0 saturated carbocycles. The van der Waals surface area contributed by atoms with Gasteiger partial charge in [0.2, 0.25) is 5.91 Å². The Balaban J connectivity index is 1.56. The Labute approximate surface area is 236 Å². The average molecular weight is 540 g/mol. The van der Waals surface area contributed by atoms with E-state index in [4.69, 9.17) is 9.84 Å². The zero-order valence-electron chi connectivity index (χ0n) is 23.8. The van der Waals surface area contributed by atoms with Crippen LogP contribution >= 0.6 is 0 Å². The third kappa shape index (κ3) is 7.50. The number of aryl methyl sites for hydroxylation is 1. The monoisotopic (exact) mass is 539 g/mol. The molecule has 0 atom stereocenters. The lowest BCUT2D eigenvalue weighted by molar-refractivity contribution is -0.116. The summed E-state index contributed by atoms with van der Waals surface area (Å²) in [5.74, 6) is 0.944. The SMILES string of the molecule is CCOc1ccc(NC(=O)N(CC(=O)Nc2cc(C(C)(C)C)nn2-c2cccc(C)c2)Cc2ccccc2)cc1. The molecular formula is C32H37N5O3. The first kappa shape index (κ1) is 28.4. The van der Waals surface area contributed by atoms with Crippen LogP contribution in [0.25, 0.3) is 5.69 Å². The minimum absolute atomic E-state index is 0.151. The van der Waals surface area contributed by atoms with Gasteiger partial charge in [-0.3, -0.25) is 4.79 Å². The maximum absolute atomic E-state index is 13.4. The van der Waals surface area contributed by atoms with Crippen molar-refractivity contribution in [3.63, 3.8) is 0 Å². The number of anilines is 2. The Morgan fingerprint density at radius 2 is 1.65 bits per heavy atom. The summed E-state index contributed by atoms with van der Waals surface area (Å²) in [6.07, 6.45) is 0. The first-order valence-corrected chi connectivity index (χ1v) is 13.4. The van der Waals surface area contributed by atoms with Gasteiger partial charge in [-0.1, -0.05) is 63.2 Å². The molecule has 3 amide bonds. The molecule has 0 radical (unpaired) electrons. The van der Waals surface area contributed by atoms with Gasteiger partial charge in [0.25, 0.3) is 0 Å². The lowest BCUT2D eigenvalue weighted by Crippen LogP contribution is -2.40. The molecule has 8 nitrogen and oxygen atoms in total. The highest BCUT2D eigenvalue weighted by Crippen LogP contribution is 2.27. The lowest BCUT2D eigenvalue weighted by Gasteiger charge is -2.23. The van der Waals surface area contributed by atoms with Crippen LogP contribution in [0, 0.1) is 6.92 Å². The predicted octanol–water partition coefficient (Wildman–Crippen LogP) is 6.55. The molecule has 4 rings (SSSR count). The topological polar surface area (TPSA) is 88.5 Å². The van der Waals surface area contributed by atoms with Crippen molar-refractivity contribution in [2.24, 2.45) is 0 Å². The summed E-state index contributed by atoms with van der Waals surface area (Å²) in [6, 6.07) is 26.2. The number of ether oxygens (including phenoxy) is 1. The quantitative estimate of drug-likeness (QED) is 0.252. The van der Waals surface area contributed by atoms with Crippen LogP contribution in [0.3, 0.4) is 0 Å². The average Bonchev–Trinajstić information content (AvgIpc) is 3.34. The second-order valence-electron chi connectivity index (χ2n) is 10.7. The van der Waals surface area contributed by atoms with Crippen molar-refractivity contribution in [3.8, 4) is 11.4 Å². The fraction of sp³-hybridized carbons (Fsp3) is 0.281. The summed E-state index contributed by atoms with van der Waals surface area (Å²) in [4.78, 5) is 28.3. The van der Waals surface area contributed by atoms with Crippen molar-refractivity contribution in [2.45, 2.75) is 46.6 Å². The summed E-state index contributed by atoms with van der Waals surface area (Å²) in [7, 11) is 0. The highest BCUT2D eigenvalue weighted by molar-refractivity contribution is 5.96. The van der Waals surface area contributed by atoms with E-state index in [9.17, 15) is 9.59 Å². The zero-order valence-corrected chi connectivity index (χ0v) is 23.8. The number of aromatic nitrogens is 2. The summed E-state index contributed by atoms with van der Waals surface area (Å²) < 4.78 is 7.23. The van der Waals surface area contributed by atoms with Gasteiger partial charge in [0.15, 0.2) is 0 Å². The van der Waals surface area contributed by atoms with E-state index in [1.807, 2.05) is 74.5 Å². The van der Waals surface area contributed by atoms with Crippen molar-refractivity contribution in [2.75, 3.05) is 23.8 Å². The Morgan fingerprint density at radius 1 is 0.925 bits per heavy atom. The molecule has 0 saturated heterocycles. The van der Waals surface area contributed by atoms with Gasteiger partial charge in [-0.05, 0) is 61.4 Å². The first-order chi connectivity index (χ1) is 19.1. The summed E-state index contributed by atoms with van der Waals surface area (Å²) in [6.45, 7) is 10.8.